The molecular formula is C13H18N2O2. The molecule has 0 spiro atoms. The van der Waals surface area contributed by atoms with Crippen LogP contribution in [-0.4, -0.2) is 34.7 Å². The first-order valence-corrected chi connectivity index (χ1v) is 5.94. The minimum Gasteiger partial charge on any atom is -0.336 e. The smallest absolute Gasteiger partial charge is 0.294 e. The SMILES string of the molecule is CCCN(CCC)C(=O)C(=O)c1ccncc1. The van der Waals surface area contributed by atoms with E-state index in [2.05, 4.69) is 4.98 Å². The van der Waals surface area contributed by atoms with E-state index in [1.807, 2.05) is 13.8 Å². The number of pyridine rings is 1. The zero-order chi connectivity index (χ0) is 12.7. The summed E-state index contributed by atoms with van der Waals surface area (Å²) < 4.78 is 0. The average Bonchev–Trinajstić information content (AvgIpc) is 2.38. The van der Waals surface area contributed by atoms with Crippen molar-refractivity contribution >= 4 is 11.7 Å². The van der Waals surface area contributed by atoms with Gasteiger partial charge in [-0.05, 0) is 25.0 Å². The Balaban J connectivity index is 2.77. The number of ketones is 1. The molecule has 0 bridgehead atoms. The number of hydrogen-bond acceptors (Lipinski definition) is 3. The second kappa shape index (κ2) is 6.78. The van der Waals surface area contributed by atoms with E-state index in [0.29, 0.717) is 18.7 Å². The van der Waals surface area contributed by atoms with Gasteiger partial charge in [0.25, 0.3) is 5.91 Å². The van der Waals surface area contributed by atoms with Crippen molar-refractivity contribution in [2.75, 3.05) is 13.1 Å². The average molecular weight is 234 g/mol. The number of rotatable bonds is 6. The Morgan fingerprint density at radius 1 is 1.12 bits per heavy atom. The highest BCUT2D eigenvalue weighted by Crippen LogP contribution is 2.04. The summed E-state index contributed by atoms with van der Waals surface area (Å²) in [5, 5.41) is 0. The topological polar surface area (TPSA) is 50.3 Å². The Bertz CT molecular complexity index is 370. The van der Waals surface area contributed by atoms with Crippen LogP contribution in [0, 0.1) is 0 Å². The van der Waals surface area contributed by atoms with Crippen molar-refractivity contribution in [1.29, 1.82) is 0 Å². The second-order valence-electron chi connectivity index (χ2n) is 3.86. The first-order valence-electron chi connectivity index (χ1n) is 5.94. The molecule has 0 unspecified atom stereocenters. The molecule has 1 aromatic heterocycles. The van der Waals surface area contributed by atoms with Gasteiger partial charge in [-0.25, -0.2) is 0 Å². The fourth-order valence-electron chi connectivity index (χ4n) is 1.63. The minimum atomic E-state index is -0.450. The normalized spacial score (nSPS) is 10.0. The van der Waals surface area contributed by atoms with E-state index < -0.39 is 11.7 Å². The third-order valence-electron chi connectivity index (χ3n) is 2.41. The number of Topliss-reactive ketones (excluding diaryl/α,β-unsaturated/α-hetero) is 1. The zero-order valence-corrected chi connectivity index (χ0v) is 10.3. The molecular weight excluding hydrogens is 216 g/mol. The molecule has 17 heavy (non-hydrogen) atoms. The predicted octanol–water partition coefficient (Wildman–Crippen LogP) is 1.91. The third-order valence-corrected chi connectivity index (χ3v) is 2.41. The van der Waals surface area contributed by atoms with Crippen LogP contribution in [0.15, 0.2) is 24.5 Å². The first kappa shape index (κ1) is 13.4. The van der Waals surface area contributed by atoms with Gasteiger partial charge in [-0.2, -0.15) is 0 Å². The number of nitrogens with zero attached hydrogens (tertiary/aromatic N) is 2. The van der Waals surface area contributed by atoms with Crippen LogP contribution in [0.5, 0.6) is 0 Å². The Labute approximate surface area is 102 Å². The number of carbonyl (C=O) groups is 2. The number of amides is 1. The molecule has 1 heterocycles. The largest absolute Gasteiger partial charge is 0.336 e. The van der Waals surface area contributed by atoms with Gasteiger partial charge < -0.3 is 4.90 Å². The van der Waals surface area contributed by atoms with E-state index in [0.717, 1.165) is 12.8 Å². The molecule has 0 aliphatic heterocycles. The number of carbonyl (C=O) groups excluding carboxylic acids is 2. The van der Waals surface area contributed by atoms with Crippen molar-refractivity contribution in [3.05, 3.63) is 30.1 Å². The zero-order valence-electron chi connectivity index (χ0n) is 10.3. The van der Waals surface area contributed by atoms with Gasteiger partial charge in [0.2, 0.25) is 5.78 Å². The molecule has 0 fully saturated rings. The Morgan fingerprint density at radius 3 is 2.12 bits per heavy atom. The molecule has 92 valence electrons. The maximum absolute atomic E-state index is 12.0. The molecule has 1 amide bonds. The lowest BCUT2D eigenvalue weighted by Crippen LogP contribution is -2.37. The van der Waals surface area contributed by atoms with Crippen LogP contribution < -0.4 is 0 Å². The first-order chi connectivity index (χ1) is 8.20. The van der Waals surface area contributed by atoms with Crippen LogP contribution in [0.2, 0.25) is 0 Å². The summed E-state index contributed by atoms with van der Waals surface area (Å²) in [4.78, 5) is 29.3. The maximum atomic E-state index is 12.0. The molecule has 1 rings (SSSR count). The van der Waals surface area contributed by atoms with Gasteiger partial charge in [0, 0.05) is 31.0 Å². The molecule has 4 heteroatoms. The van der Waals surface area contributed by atoms with E-state index in [1.54, 1.807) is 17.0 Å². The summed E-state index contributed by atoms with van der Waals surface area (Å²) in [6, 6.07) is 3.13. The summed E-state index contributed by atoms with van der Waals surface area (Å²) in [5.41, 5.74) is 0.405. The molecule has 0 radical (unpaired) electrons. The van der Waals surface area contributed by atoms with E-state index in [-0.39, 0.29) is 0 Å². The molecule has 0 atom stereocenters. The third kappa shape index (κ3) is 3.66. The Hall–Kier alpha value is -1.71. The summed E-state index contributed by atoms with van der Waals surface area (Å²) in [7, 11) is 0. The summed E-state index contributed by atoms with van der Waals surface area (Å²) in [5.74, 6) is -0.866. The highest BCUT2D eigenvalue weighted by atomic mass is 16.2. The van der Waals surface area contributed by atoms with Crippen LogP contribution in [0.25, 0.3) is 0 Å². The fourth-order valence-corrected chi connectivity index (χ4v) is 1.63. The molecule has 4 nitrogen and oxygen atoms in total. The second-order valence-corrected chi connectivity index (χ2v) is 3.86. The minimum absolute atomic E-state index is 0.405. The molecule has 0 aliphatic carbocycles. The van der Waals surface area contributed by atoms with Gasteiger partial charge in [-0.3, -0.25) is 14.6 Å². The van der Waals surface area contributed by atoms with Crippen molar-refractivity contribution in [3.8, 4) is 0 Å². The van der Waals surface area contributed by atoms with Gasteiger partial charge in [0.05, 0.1) is 0 Å². The quantitative estimate of drug-likeness (QED) is 0.558. The van der Waals surface area contributed by atoms with E-state index >= 15 is 0 Å². The highest BCUT2D eigenvalue weighted by Gasteiger charge is 2.21. The van der Waals surface area contributed by atoms with Crippen LogP contribution in [-0.2, 0) is 4.79 Å². The van der Waals surface area contributed by atoms with Gasteiger partial charge in [-0.15, -0.1) is 0 Å². The van der Waals surface area contributed by atoms with Crippen molar-refractivity contribution in [3.63, 3.8) is 0 Å². The summed E-state index contributed by atoms with van der Waals surface area (Å²) in [6.45, 7) is 5.24. The van der Waals surface area contributed by atoms with Crippen molar-refractivity contribution in [1.82, 2.24) is 9.88 Å². The number of aromatic nitrogens is 1. The van der Waals surface area contributed by atoms with Gasteiger partial charge >= 0.3 is 0 Å². The summed E-state index contributed by atoms with van der Waals surface area (Å²) in [6.07, 6.45) is 4.75. The van der Waals surface area contributed by atoms with Gasteiger partial charge in [0.1, 0.15) is 0 Å². The molecule has 0 aromatic carbocycles. The lowest BCUT2D eigenvalue weighted by molar-refractivity contribution is -0.126. The monoisotopic (exact) mass is 234 g/mol. The number of hydrogen-bond donors (Lipinski definition) is 0. The van der Waals surface area contributed by atoms with Crippen LogP contribution in [0.4, 0.5) is 0 Å². The van der Waals surface area contributed by atoms with Crippen molar-refractivity contribution in [2.24, 2.45) is 0 Å². The molecule has 1 aromatic rings. The molecule has 0 saturated heterocycles. The van der Waals surface area contributed by atoms with E-state index in [4.69, 9.17) is 0 Å². The molecule has 0 saturated carbocycles. The van der Waals surface area contributed by atoms with E-state index in [9.17, 15) is 9.59 Å². The highest BCUT2D eigenvalue weighted by molar-refractivity contribution is 6.42. The Kier molecular flexibility index (Phi) is 5.33. The van der Waals surface area contributed by atoms with E-state index in [1.165, 1.54) is 12.4 Å². The molecule has 0 aliphatic rings. The standard InChI is InChI=1S/C13H18N2O2/c1-3-9-15(10-4-2)13(17)12(16)11-5-7-14-8-6-11/h5-8H,3-4,9-10H2,1-2H3. The lowest BCUT2D eigenvalue weighted by atomic mass is 10.1. The van der Waals surface area contributed by atoms with Crippen LogP contribution >= 0.6 is 0 Å². The van der Waals surface area contributed by atoms with Crippen LogP contribution in [0.3, 0.4) is 0 Å². The predicted molar refractivity (Wildman–Crippen MR) is 65.7 cm³/mol. The van der Waals surface area contributed by atoms with Crippen molar-refractivity contribution in [2.45, 2.75) is 26.7 Å². The fraction of sp³-hybridized carbons (Fsp3) is 0.462. The van der Waals surface area contributed by atoms with Gasteiger partial charge in [-0.1, -0.05) is 13.8 Å². The summed E-state index contributed by atoms with van der Waals surface area (Å²) >= 11 is 0. The molecule has 0 N–H and O–H groups in total. The van der Waals surface area contributed by atoms with Crippen molar-refractivity contribution < 1.29 is 9.59 Å². The van der Waals surface area contributed by atoms with Gasteiger partial charge in [0.15, 0.2) is 0 Å². The van der Waals surface area contributed by atoms with Crippen LogP contribution in [0.1, 0.15) is 37.0 Å². The maximum Gasteiger partial charge on any atom is 0.294 e. The Morgan fingerprint density at radius 2 is 1.65 bits per heavy atom. The lowest BCUT2D eigenvalue weighted by Gasteiger charge is -2.20.